The SMILES string of the molecule is CCCCNc1nc(NN)nc(NCCCC)n1. The van der Waals surface area contributed by atoms with Crippen LogP contribution in [0.1, 0.15) is 39.5 Å². The van der Waals surface area contributed by atoms with E-state index >= 15 is 0 Å². The van der Waals surface area contributed by atoms with Crippen molar-refractivity contribution in [2.45, 2.75) is 39.5 Å². The van der Waals surface area contributed by atoms with Crippen LogP contribution in [0.5, 0.6) is 0 Å². The molecule has 0 unspecified atom stereocenters. The molecule has 102 valence electrons. The molecule has 5 N–H and O–H groups in total. The Morgan fingerprint density at radius 1 is 0.833 bits per heavy atom. The highest BCUT2D eigenvalue weighted by atomic mass is 15.3. The summed E-state index contributed by atoms with van der Waals surface area (Å²) in [4.78, 5) is 12.6. The van der Waals surface area contributed by atoms with Crippen LogP contribution in [-0.2, 0) is 0 Å². The second-order valence-electron chi connectivity index (χ2n) is 4.01. The molecule has 0 bridgehead atoms. The molecule has 0 amide bonds. The van der Waals surface area contributed by atoms with Gasteiger partial charge in [0.15, 0.2) is 0 Å². The van der Waals surface area contributed by atoms with Gasteiger partial charge in [-0.25, -0.2) is 5.84 Å². The number of nitrogens with one attached hydrogen (secondary N) is 3. The number of unbranched alkanes of at least 4 members (excludes halogenated alkanes) is 2. The summed E-state index contributed by atoms with van der Waals surface area (Å²) < 4.78 is 0. The van der Waals surface area contributed by atoms with Gasteiger partial charge in [0, 0.05) is 13.1 Å². The molecule has 7 heteroatoms. The first kappa shape index (κ1) is 14.4. The summed E-state index contributed by atoms with van der Waals surface area (Å²) in [7, 11) is 0. The molecule has 0 aromatic carbocycles. The van der Waals surface area contributed by atoms with Gasteiger partial charge in [0.05, 0.1) is 0 Å². The molecule has 0 aliphatic heterocycles. The summed E-state index contributed by atoms with van der Waals surface area (Å²) in [5.74, 6) is 6.80. The van der Waals surface area contributed by atoms with E-state index in [1.165, 1.54) is 0 Å². The smallest absolute Gasteiger partial charge is 0.243 e. The van der Waals surface area contributed by atoms with Gasteiger partial charge in [-0.3, -0.25) is 5.43 Å². The lowest BCUT2D eigenvalue weighted by Gasteiger charge is -2.09. The Labute approximate surface area is 108 Å². The minimum Gasteiger partial charge on any atom is -0.354 e. The zero-order chi connectivity index (χ0) is 13.2. The Morgan fingerprint density at radius 3 is 1.67 bits per heavy atom. The first-order chi connectivity index (χ1) is 8.80. The minimum atomic E-state index is 0.364. The summed E-state index contributed by atoms with van der Waals surface area (Å²) in [6.45, 7) is 5.97. The molecule has 1 aromatic rings. The van der Waals surface area contributed by atoms with E-state index in [1.807, 2.05) is 0 Å². The van der Waals surface area contributed by atoms with Crippen molar-refractivity contribution in [3.8, 4) is 0 Å². The van der Waals surface area contributed by atoms with Gasteiger partial charge in [-0.05, 0) is 12.8 Å². The zero-order valence-corrected chi connectivity index (χ0v) is 11.2. The topological polar surface area (TPSA) is 101 Å². The molecule has 18 heavy (non-hydrogen) atoms. The van der Waals surface area contributed by atoms with Gasteiger partial charge in [0.2, 0.25) is 17.8 Å². The van der Waals surface area contributed by atoms with E-state index in [1.54, 1.807) is 0 Å². The molecular formula is C11H23N7. The molecule has 0 atom stereocenters. The Hall–Kier alpha value is -1.63. The number of hydrogen-bond acceptors (Lipinski definition) is 7. The van der Waals surface area contributed by atoms with Gasteiger partial charge in [-0.1, -0.05) is 26.7 Å². The molecule has 0 fully saturated rings. The van der Waals surface area contributed by atoms with Crippen LogP contribution in [0.15, 0.2) is 0 Å². The van der Waals surface area contributed by atoms with Crippen molar-refractivity contribution < 1.29 is 0 Å². The van der Waals surface area contributed by atoms with E-state index in [9.17, 15) is 0 Å². The maximum Gasteiger partial charge on any atom is 0.243 e. The van der Waals surface area contributed by atoms with Gasteiger partial charge in [-0.2, -0.15) is 15.0 Å². The van der Waals surface area contributed by atoms with Crippen LogP contribution in [0, 0.1) is 0 Å². The zero-order valence-electron chi connectivity index (χ0n) is 11.2. The van der Waals surface area contributed by atoms with Gasteiger partial charge in [-0.15, -0.1) is 0 Å². The second kappa shape index (κ2) is 8.46. The highest BCUT2D eigenvalue weighted by Gasteiger charge is 2.04. The molecule has 0 aliphatic carbocycles. The van der Waals surface area contributed by atoms with Crippen molar-refractivity contribution in [3.05, 3.63) is 0 Å². The van der Waals surface area contributed by atoms with Gasteiger partial charge in [0.1, 0.15) is 0 Å². The quantitative estimate of drug-likeness (QED) is 0.301. The number of rotatable bonds is 9. The Balaban J connectivity index is 2.62. The lowest BCUT2D eigenvalue weighted by atomic mass is 10.3. The number of nitrogen functional groups attached to an aromatic ring is 1. The standard InChI is InChI=1S/C11H23N7/c1-3-5-7-13-9-15-10(14-8-6-4-2)17-11(16-9)18-12/h3-8,12H2,1-2H3,(H3,13,14,15,16,17,18). The van der Waals surface area contributed by atoms with E-state index < -0.39 is 0 Å². The summed E-state index contributed by atoms with van der Waals surface area (Å²) in [6.07, 6.45) is 4.41. The maximum absolute atomic E-state index is 5.34. The molecular weight excluding hydrogens is 230 g/mol. The van der Waals surface area contributed by atoms with Crippen molar-refractivity contribution >= 4 is 17.8 Å². The largest absolute Gasteiger partial charge is 0.354 e. The van der Waals surface area contributed by atoms with Crippen LogP contribution < -0.4 is 21.9 Å². The highest BCUT2D eigenvalue weighted by Crippen LogP contribution is 2.08. The average molecular weight is 253 g/mol. The Bertz CT molecular complexity index is 314. The van der Waals surface area contributed by atoms with Crippen LogP contribution in [-0.4, -0.2) is 28.0 Å². The van der Waals surface area contributed by atoms with Crippen molar-refractivity contribution in [1.29, 1.82) is 0 Å². The third-order valence-corrected chi connectivity index (χ3v) is 2.39. The average Bonchev–Trinajstić information content (AvgIpc) is 2.39. The number of hydrazine groups is 1. The first-order valence-corrected chi connectivity index (χ1v) is 6.50. The second-order valence-corrected chi connectivity index (χ2v) is 4.01. The summed E-state index contributed by atoms with van der Waals surface area (Å²) in [5, 5.41) is 6.31. The van der Waals surface area contributed by atoms with Gasteiger partial charge >= 0.3 is 0 Å². The number of nitrogens with two attached hydrogens (primary N) is 1. The van der Waals surface area contributed by atoms with E-state index in [2.05, 4.69) is 44.9 Å². The van der Waals surface area contributed by atoms with Crippen LogP contribution in [0.4, 0.5) is 17.8 Å². The highest BCUT2D eigenvalue weighted by molar-refractivity contribution is 5.41. The minimum absolute atomic E-state index is 0.364. The van der Waals surface area contributed by atoms with Crippen molar-refractivity contribution in [3.63, 3.8) is 0 Å². The molecule has 0 radical (unpaired) electrons. The lowest BCUT2D eigenvalue weighted by Crippen LogP contribution is -2.16. The van der Waals surface area contributed by atoms with Crippen LogP contribution in [0.25, 0.3) is 0 Å². The molecule has 1 aromatic heterocycles. The predicted octanol–water partition coefficient (Wildman–Crippen LogP) is 1.58. The Morgan fingerprint density at radius 2 is 1.28 bits per heavy atom. The Kier molecular flexibility index (Phi) is 6.78. The fourth-order valence-corrected chi connectivity index (χ4v) is 1.35. The van der Waals surface area contributed by atoms with Crippen molar-refractivity contribution in [1.82, 2.24) is 15.0 Å². The van der Waals surface area contributed by atoms with Crippen LogP contribution in [0.3, 0.4) is 0 Å². The summed E-state index contributed by atoms with van der Waals surface area (Å²) in [6, 6.07) is 0. The molecule has 1 rings (SSSR count). The van der Waals surface area contributed by atoms with E-state index in [4.69, 9.17) is 5.84 Å². The number of anilines is 3. The fourth-order valence-electron chi connectivity index (χ4n) is 1.35. The van der Waals surface area contributed by atoms with E-state index in [0.29, 0.717) is 17.8 Å². The monoisotopic (exact) mass is 253 g/mol. The number of aromatic nitrogens is 3. The molecule has 0 saturated heterocycles. The van der Waals surface area contributed by atoms with E-state index in [-0.39, 0.29) is 0 Å². The van der Waals surface area contributed by atoms with Gasteiger partial charge < -0.3 is 10.6 Å². The first-order valence-electron chi connectivity index (χ1n) is 6.50. The van der Waals surface area contributed by atoms with Gasteiger partial charge in [0.25, 0.3) is 0 Å². The predicted molar refractivity (Wildman–Crippen MR) is 74.4 cm³/mol. The van der Waals surface area contributed by atoms with Crippen molar-refractivity contribution in [2.24, 2.45) is 5.84 Å². The summed E-state index contributed by atoms with van der Waals surface area (Å²) in [5.41, 5.74) is 2.45. The fraction of sp³-hybridized carbons (Fsp3) is 0.727. The number of hydrogen-bond donors (Lipinski definition) is 4. The molecule has 0 saturated carbocycles. The molecule has 7 nitrogen and oxygen atoms in total. The molecule has 0 aliphatic rings. The number of nitrogens with zero attached hydrogens (tertiary/aromatic N) is 3. The summed E-state index contributed by atoms with van der Waals surface area (Å²) >= 11 is 0. The van der Waals surface area contributed by atoms with Crippen LogP contribution >= 0.6 is 0 Å². The normalized spacial score (nSPS) is 10.2. The molecule has 0 spiro atoms. The third-order valence-electron chi connectivity index (χ3n) is 2.39. The van der Waals surface area contributed by atoms with E-state index in [0.717, 1.165) is 38.8 Å². The van der Waals surface area contributed by atoms with Crippen molar-refractivity contribution in [2.75, 3.05) is 29.1 Å². The molecule has 1 heterocycles. The third kappa shape index (κ3) is 5.13. The maximum atomic E-state index is 5.34. The lowest BCUT2D eigenvalue weighted by molar-refractivity contribution is 0.815. The van der Waals surface area contributed by atoms with Crippen LogP contribution in [0.2, 0.25) is 0 Å².